The highest BCUT2D eigenvalue weighted by Gasteiger charge is 2.22. The lowest BCUT2D eigenvalue weighted by molar-refractivity contribution is 0.129. The quantitative estimate of drug-likeness (QED) is 0.818. The lowest BCUT2D eigenvalue weighted by atomic mass is 9.99. The molecule has 5 heteroatoms. The maximum atomic E-state index is 13.0. The predicted octanol–water partition coefficient (Wildman–Crippen LogP) is 2.17. The number of carbonyl (C=O) groups is 1. The van der Waals surface area contributed by atoms with Gasteiger partial charge in [-0.2, -0.15) is 0 Å². The van der Waals surface area contributed by atoms with Crippen LogP contribution in [0.1, 0.15) is 24.8 Å². The number of hydrogen-bond acceptors (Lipinski definition) is 2. The third kappa shape index (κ3) is 5.01. The lowest BCUT2D eigenvalue weighted by Crippen LogP contribution is -2.46. The first kappa shape index (κ1) is 15.8. The van der Waals surface area contributed by atoms with Crippen LogP contribution in [0.3, 0.4) is 0 Å². The molecule has 0 aliphatic carbocycles. The minimum Gasteiger partial charge on any atom is -0.396 e. The van der Waals surface area contributed by atoms with E-state index in [9.17, 15) is 9.18 Å². The number of urea groups is 1. The summed E-state index contributed by atoms with van der Waals surface area (Å²) in [6.45, 7) is 2.11. The Morgan fingerprint density at radius 2 is 2.33 bits per heavy atom. The molecule has 0 spiro atoms. The SMILES string of the molecule is O=C(NCCCc1cccc(F)c1)N1CCCC(CO)C1. The molecule has 2 amide bonds. The Kier molecular flexibility index (Phi) is 5.99. The van der Waals surface area contributed by atoms with Crippen molar-refractivity contribution in [2.24, 2.45) is 5.92 Å². The second-order valence-electron chi connectivity index (χ2n) is 5.60. The summed E-state index contributed by atoms with van der Waals surface area (Å²) in [5.74, 6) is -0.0170. The molecule has 0 bridgehead atoms. The maximum absolute atomic E-state index is 13.0. The summed E-state index contributed by atoms with van der Waals surface area (Å²) in [5, 5.41) is 12.1. The van der Waals surface area contributed by atoms with Crippen LogP contribution >= 0.6 is 0 Å². The monoisotopic (exact) mass is 294 g/mol. The molecular weight excluding hydrogens is 271 g/mol. The van der Waals surface area contributed by atoms with Crippen LogP contribution in [-0.2, 0) is 6.42 Å². The first-order chi connectivity index (χ1) is 10.2. The normalized spacial score (nSPS) is 18.6. The van der Waals surface area contributed by atoms with E-state index in [1.165, 1.54) is 12.1 Å². The Hall–Kier alpha value is -1.62. The third-order valence-electron chi connectivity index (χ3n) is 3.87. The Bertz CT molecular complexity index is 467. The van der Waals surface area contributed by atoms with E-state index in [2.05, 4.69) is 5.32 Å². The molecule has 2 N–H and O–H groups in total. The Balaban J connectivity index is 1.67. The molecule has 4 nitrogen and oxygen atoms in total. The zero-order valence-electron chi connectivity index (χ0n) is 12.2. The summed E-state index contributed by atoms with van der Waals surface area (Å²) in [6.07, 6.45) is 3.46. The van der Waals surface area contributed by atoms with Gasteiger partial charge in [0.1, 0.15) is 5.82 Å². The van der Waals surface area contributed by atoms with E-state index in [4.69, 9.17) is 5.11 Å². The second kappa shape index (κ2) is 7.98. The molecule has 1 atom stereocenters. The van der Waals surface area contributed by atoms with Crippen molar-refractivity contribution in [1.82, 2.24) is 10.2 Å². The number of amides is 2. The van der Waals surface area contributed by atoms with Crippen LogP contribution < -0.4 is 5.32 Å². The number of piperidine rings is 1. The first-order valence-corrected chi connectivity index (χ1v) is 7.57. The molecule has 0 radical (unpaired) electrons. The third-order valence-corrected chi connectivity index (χ3v) is 3.87. The van der Waals surface area contributed by atoms with Gasteiger partial charge in [-0.15, -0.1) is 0 Å². The van der Waals surface area contributed by atoms with Crippen molar-refractivity contribution in [1.29, 1.82) is 0 Å². The molecular formula is C16H23FN2O2. The number of benzene rings is 1. The largest absolute Gasteiger partial charge is 0.396 e. The van der Waals surface area contributed by atoms with Crippen molar-refractivity contribution < 1.29 is 14.3 Å². The summed E-state index contributed by atoms with van der Waals surface area (Å²) in [7, 11) is 0. The number of aliphatic hydroxyl groups is 1. The summed E-state index contributed by atoms with van der Waals surface area (Å²) in [6, 6.07) is 6.48. The average molecular weight is 294 g/mol. The van der Waals surface area contributed by atoms with Gasteiger partial charge < -0.3 is 15.3 Å². The lowest BCUT2D eigenvalue weighted by Gasteiger charge is -2.31. The Morgan fingerprint density at radius 3 is 3.10 bits per heavy atom. The van der Waals surface area contributed by atoms with E-state index in [0.29, 0.717) is 13.1 Å². The number of rotatable bonds is 5. The van der Waals surface area contributed by atoms with Crippen molar-refractivity contribution >= 4 is 6.03 Å². The van der Waals surface area contributed by atoms with E-state index in [-0.39, 0.29) is 24.4 Å². The molecule has 1 aromatic carbocycles. The molecule has 2 rings (SSSR count). The number of aryl methyl sites for hydroxylation is 1. The van der Waals surface area contributed by atoms with E-state index in [1.54, 1.807) is 11.0 Å². The van der Waals surface area contributed by atoms with E-state index >= 15 is 0 Å². The number of halogens is 1. The van der Waals surface area contributed by atoms with Crippen LogP contribution in [0.4, 0.5) is 9.18 Å². The topological polar surface area (TPSA) is 52.6 Å². The van der Waals surface area contributed by atoms with Crippen molar-refractivity contribution in [3.63, 3.8) is 0 Å². The van der Waals surface area contributed by atoms with Crippen molar-refractivity contribution in [3.8, 4) is 0 Å². The van der Waals surface area contributed by atoms with Gasteiger partial charge in [0.2, 0.25) is 0 Å². The van der Waals surface area contributed by atoms with Gasteiger partial charge in [-0.05, 0) is 49.3 Å². The van der Waals surface area contributed by atoms with Crippen LogP contribution in [-0.4, -0.2) is 42.3 Å². The highest BCUT2D eigenvalue weighted by atomic mass is 19.1. The van der Waals surface area contributed by atoms with Gasteiger partial charge in [-0.3, -0.25) is 0 Å². The number of likely N-dealkylation sites (tertiary alicyclic amines) is 1. The van der Waals surface area contributed by atoms with Gasteiger partial charge in [-0.25, -0.2) is 9.18 Å². The van der Waals surface area contributed by atoms with E-state index in [0.717, 1.165) is 37.8 Å². The van der Waals surface area contributed by atoms with Gasteiger partial charge in [0.25, 0.3) is 0 Å². The van der Waals surface area contributed by atoms with Gasteiger partial charge in [0.05, 0.1) is 0 Å². The smallest absolute Gasteiger partial charge is 0.317 e. The van der Waals surface area contributed by atoms with Crippen molar-refractivity contribution in [2.45, 2.75) is 25.7 Å². The highest BCUT2D eigenvalue weighted by molar-refractivity contribution is 5.74. The number of carbonyl (C=O) groups excluding carboxylic acids is 1. The Labute approximate surface area is 125 Å². The molecule has 1 saturated heterocycles. The molecule has 0 saturated carbocycles. The number of nitrogens with zero attached hydrogens (tertiary/aromatic N) is 1. The molecule has 0 aromatic heterocycles. The van der Waals surface area contributed by atoms with Crippen LogP contribution in [0.25, 0.3) is 0 Å². The fourth-order valence-corrected chi connectivity index (χ4v) is 2.69. The summed E-state index contributed by atoms with van der Waals surface area (Å²) in [5.41, 5.74) is 0.947. The van der Waals surface area contributed by atoms with Crippen LogP contribution in [0, 0.1) is 11.7 Å². The van der Waals surface area contributed by atoms with Gasteiger partial charge in [0.15, 0.2) is 0 Å². The highest BCUT2D eigenvalue weighted by Crippen LogP contribution is 2.15. The average Bonchev–Trinajstić information content (AvgIpc) is 2.51. The summed E-state index contributed by atoms with van der Waals surface area (Å²) in [4.78, 5) is 13.8. The zero-order valence-corrected chi connectivity index (χ0v) is 12.2. The molecule has 1 heterocycles. The van der Waals surface area contributed by atoms with Gasteiger partial charge in [-0.1, -0.05) is 12.1 Å². The van der Waals surface area contributed by atoms with Crippen LogP contribution in [0.15, 0.2) is 24.3 Å². The number of hydrogen-bond donors (Lipinski definition) is 2. The predicted molar refractivity (Wildman–Crippen MR) is 79.5 cm³/mol. The number of nitrogens with one attached hydrogen (secondary N) is 1. The van der Waals surface area contributed by atoms with Gasteiger partial charge in [0, 0.05) is 26.2 Å². The van der Waals surface area contributed by atoms with Crippen molar-refractivity contribution in [2.75, 3.05) is 26.2 Å². The maximum Gasteiger partial charge on any atom is 0.317 e. The van der Waals surface area contributed by atoms with Gasteiger partial charge >= 0.3 is 6.03 Å². The molecule has 1 unspecified atom stereocenters. The number of aliphatic hydroxyl groups excluding tert-OH is 1. The molecule has 1 aliphatic rings. The molecule has 1 aromatic rings. The Morgan fingerprint density at radius 1 is 1.48 bits per heavy atom. The molecule has 1 aliphatic heterocycles. The first-order valence-electron chi connectivity index (χ1n) is 7.57. The van der Waals surface area contributed by atoms with E-state index in [1.807, 2.05) is 6.07 Å². The molecule has 116 valence electrons. The molecule has 1 fully saturated rings. The minimum absolute atomic E-state index is 0.0626. The summed E-state index contributed by atoms with van der Waals surface area (Å²) < 4.78 is 13.0. The minimum atomic E-state index is -0.222. The van der Waals surface area contributed by atoms with Crippen LogP contribution in [0.5, 0.6) is 0 Å². The summed E-state index contributed by atoms with van der Waals surface area (Å²) >= 11 is 0. The second-order valence-corrected chi connectivity index (χ2v) is 5.60. The van der Waals surface area contributed by atoms with E-state index < -0.39 is 0 Å². The molecule has 21 heavy (non-hydrogen) atoms. The van der Waals surface area contributed by atoms with Crippen molar-refractivity contribution in [3.05, 3.63) is 35.6 Å². The fraction of sp³-hybridized carbons (Fsp3) is 0.562. The zero-order chi connectivity index (χ0) is 15.1. The fourth-order valence-electron chi connectivity index (χ4n) is 2.69. The standard InChI is InChI=1S/C16H23FN2O2/c17-15-7-1-4-13(10-15)5-2-8-18-16(21)19-9-3-6-14(11-19)12-20/h1,4,7,10,14,20H,2-3,5-6,8-9,11-12H2,(H,18,21). The van der Waals surface area contributed by atoms with Crippen LogP contribution in [0.2, 0.25) is 0 Å².